The Morgan fingerprint density at radius 3 is 2.46 bits per heavy atom. The van der Waals surface area contributed by atoms with E-state index in [0.717, 1.165) is 22.0 Å². The van der Waals surface area contributed by atoms with E-state index >= 15 is 0 Å². The van der Waals surface area contributed by atoms with Crippen LogP contribution in [0.2, 0.25) is 5.02 Å². The lowest BCUT2D eigenvalue weighted by atomic mass is 10.0. The third-order valence-corrected chi connectivity index (χ3v) is 8.92. The van der Waals surface area contributed by atoms with Crippen LogP contribution in [0, 0.1) is 5.92 Å². The maximum atomic E-state index is 13.3. The van der Waals surface area contributed by atoms with Gasteiger partial charge in [-0.15, -0.1) is 0 Å². The number of aromatic nitrogens is 1. The van der Waals surface area contributed by atoms with Crippen LogP contribution in [0.1, 0.15) is 34.5 Å². The van der Waals surface area contributed by atoms with Crippen molar-refractivity contribution in [2.45, 2.75) is 32.4 Å². The van der Waals surface area contributed by atoms with E-state index < -0.39 is 22.0 Å². The Labute approximate surface area is 244 Å². The molecule has 1 saturated heterocycles. The van der Waals surface area contributed by atoms with Crippen LogP contribution in [0.5, 0.6) is 0 Å². The van der Waals surface area contributed by atoms with Crippen LogP contribution in [0.4, 0.5) is 4.79 Å². The average molecular weight is 594 g/mol. The smallest absolute Gasteiger partial charge is 0.410 e. The van der Waals surface area contributed by atoms with Gasteiger partial charge in [0.2, 0.25) is 10.0 Å². The van der Waals surface area contributed by atoms with Crippen molar-refractivity contribution < 1.29 is 22.7 Å². The third-order valence-electron chi connectivity index (χ3n) is 7.27. The zero-order valence-corrected chi connectivity index (χ0v) is 24.1. The number of hydrogen-bond acceptors (Lipinski definition) is 5. The SMILES string of the molecule is O=C(NS(=O)(=O)C[C@@H]1CCCN(C(=O)OCc2ccccc2)C1)c1cc2ccccc2n1CCc1ccc(Cl)cc1. The number of likely N-dealkylation sites (tertiary alicyclic amines) is 1. The van der Waals surface area contributed by atoms with Gasteiger partial charge in [0.05, 0.1) is 5.75 Å². The summed E-state index contributed by atoms with van der Waals surface area (Å²) in [4.78, 5) is 27.5. The Balaban J connectivity index is 1.23. The molecule has 1 fully saturated rings. The van der Waals surface area contributed by atoms with Crippen LogP contribution in [0.15, 0.2) is 84.9 Å². The van der Waals surface area contributed by atoms with Gasteiger partial charge >= 0.3 is 6.09 Å². The number of ether oxygens (including phenoxy) is 1. The number of para-hydroxylation sites is 1. The van der Waals surface area contributed by atoms with Crippen molar-refractivity contribution in [3.05, 3.63) is 107 Å². The van der Waals surface area contributed by atoms with Gasteiger partial charge in [-0.25, -0.2) is 17.9 Å². The molecule has 1 aliphatic rings. The fraction of sp³-hybridized carbons (Fsp3) is 0.290. The minimum atomic E-state index is -3.97. The number of carbonyl (C=O) groups excluding carboxylic acids is 2. The highest BCUT2D eigenvalue weighted by Crippen LogP contribution is 2.23. The maximum Gasteiger partial charge on any atom is 0.410 e. The molecule has 5 rings (SSSR count). The molecule has 0 bridgehead atoms. The van der Waals surface area contributed by atoms with Crippen molar-refractivity contribution >= 4 is 44.5 Å². The minimum Gasteiger partial charge on any atom is -0.445 e. The predicted octanol–water partition coefficient (Wildman–Crippen LogP) is 5.65. The first-order chi connectivity index (χ1) is 19.8. The molecule has 214 valence electrons. The van der Waals surface area contributed by atoms with Crippen molar-refractivity contribution in [3.63, 3.8) is 0 Å². The Bertz CT molecular complexity index is 1620. The van der Waals surface area contributed by atoms with Crippen LogP contribution in [0.3, 0.4) is 0 Å². The second kappa shape index (κ2) is 12.8. The van der Waals surface area contributed by atoms with Crippen molar-refractivity contribution in [3.8, 4) is 0 Å². The molecule has 8 nitrogen and oxygen atoms in total. The standard InChI is InChI=1S/C31H32ClN3O5S/c32-27-14-12-23(13-15-27)16-18-35-28-11-5-4-10-26(28)19-29(35)30(36)33-41(38,39)22-25-9-6-17-34(20-25)31(37)40-21-24-7-2-1-3-8-24/h1-5,7-8,10-15,19,25H,6,9,16-18,20-22H2,(H,33,36)/t25-/m1/s1. The second-order valence-corrected chi connectivity index (χ2v) is 12.5. The summed E-state index contributed by atoms with van der Waals surface area (Å²) >= 11 is 6.01. The zero-order valence-electron chi connectivity index (χ0n) is 22.5. The molecule has 4 aromatic rings. The minimum absolute atomic E-state index is 0.154. The van der Waals surface area contributed by atoms with Gasteiger partial charge in [0.15, 0.2) is 0 Å². The quantitative estimate of drug-likeness (QED) is 0.271. The summed E-state index contributed by atoms with van der Waals surface area (Å²) in [6, 6.07) is 26.2. The molecule has 2 heterocycles. The largest absolute Gasteiger partial charge is 0.445 e. The van der Waals surface area contributed by atoms with E-state index in [0.29, 0.717) is 37.4 Å². The Morgan fingerprint density at radius 1 is 0.951 bits per heavy atom. The van der Waals surface area contributed by atoms with Crippen LogP contribution < -0.4 is 4.72 Å². The van der Waals surface area contributed by atoms with Crippen molar-refractivity contribution in [1.29, 1.82) is 0 Å². The first-order valence-corrected chi connectivity index (χ1v) is 15.6. The second-order valence-electron chi connectivity index (χ2n) is 10.3. The lowest BCUT2D eigenvalue weighted by Gasteiger charge is -2.31. The molecule has 1 N–H and O–H groups in total. The van der Waals surface area contributed by atoms with E-state index in [1.165, 1.54) is 0 Å². The van der Waals surface area contributed by atoms with E-state index in [9.17, 15) is 18.0 Å². The number of halogens is 1. The molecular formula is C31H32ClN3O5S. The van der Waals surface area contributed by atoms with Crippen molar-refractivity contribution in [2.24, 2.45) is 5.92 Å². The lowest BCUT2D eigenvalue weighted by molar-refractivity contribution is 0.0811. The first kappa shape index (κ1) is 28.7. The van der Waals surface area contributed by atoms with Crippen molar-refractivity contribution in [1.82, 2.24) is 14.2 Å². The van der Waals surface area contributed by atoms with Crippen LogP contribution in [-0.2, 0) is 34.3 Å². The van der Waals surface area contributed by atoms with Gasteiger partial charge in [-0.05, 0) is 60.6 Å². The summed E-state index contributed by atoms with van der Waals surface area (Å²) in [7, 11) is -3.97. The Morgan fingerprint density at radius 2 is 1.68 bits per heavy atom. The first-order valence-electron chi connectivity index (χ1n) is 13.6. The van der Waals surface area contributed by atoms with E-state index in [1.54, 1.807) is 11.0 Å². The summed E-state index contributed by atoms with van der Waals surface area (Å²) in [6.45, 7) is 1.40. The number of hydrogen-bond donors (Lipinski definition) is 1. The summed E-state index contributed by atoms with van der Waals surface area (Å²) in [5, 5.41) is 1.50. The fourth-order valence-electron chi connectivity index (χ4n) is 5.25. The van der Waals surface area contributed by atoms with Gasteiger partial charge in [0.25, 0.3) is 5.91 Å². The number of fused-ring (bicyclic) bond motifs is 1. The average Bonchev–Trinajstić information content (AvgIpc) is 3.34. The normalized spacial score (nSPS) is 15.5. The number of piperidine rings is 1. The number of carbonyl (C=O) groups is 2. The number of sulfonamides is 1. The number of nitrogens with zero attached hydrogens (tertiary/aromatic N) is 2. The van der Waals surface area contributed by atoms with Crippen molar-refractivity contribution in [2.75, 3.05) is 18.8 Å². The summed E-state index contributed by atoms with van der Waals surface area (Å²) in [5.74, 6) is -1.24. The molecule has 1 atom stereocenters. The molecule has 2 amide bonds. The Hall–Kier alpha value is -3.82. The zero-order chi connectivity index (χ0) is 28.8. The number of nitrogens with one attached hydrogen (secondary N) is 1. The molecule has 1 aromatic heterocycles. The third kappa shape index (κ3) is 7.48. The maximum absolute atomic E-state index is 13.3. The van der Waals surface area contributed by atoms with Gasteiger partial charge in [0, 0.05) is 35.6 Å². The topological polar surface area (TPSA) is 97.7 Å². The van der Waals surface area contributed by atoms with Gasteiger partial charge in [-0.1, -0.05) is 72.3 Å². The molecule has 1 aliphatic heterocycles. The van der Waals surface area contributed by atoms with E-state index in [2.05, 4.69) is 4.72 Å². The summed E-state index contributed by atoms with van der Waals surface area (Å²) in [5.41, 5.74) is 3.06. The fourth-order valence-corrected chi connectivity index (χ4v) is 6.74. The highest BCUT2D eigenvalue weighted by atomic mass is 35.5. The van der Waals surface area contributed by atoms with E-state index in [1.807, 2.05) is 83.4 Å². The molecule has 3 aromatic carbocycles. The van der Waals surface area contributed by atoms with Gasteiger partial charge < -0.3 is 14.2 Å². The number of rotatable bonds is 9. The molecule has 0 unspecified atom stereocenters. The molecule has 0 radical (unpaired) electrons. The van der Waals surface area contributed by atoms with Gasteiger partial charge in [-0.3, -0.25) is 4.79 Å². The highest BCUT2D eigenvalue weighted by Gasteiger charge is 2.30. The Kier molecular flexibility index (Phi) is 8.95. The molecule has 0 aliphatic carbocycles. The van der Waals surface area contributed by atoms with Gasteiger partial charge in [-0.2, -0.15) is 0 Å². The lowest BCUT2D eigenvalue weighted by Crippen LogP contribution is -2.44. The number of benzene rings is 3. The number of aryl methyl sites for hydroxylation is 2. The highest BCUT2D eigenvalue weighted by molar-refractivity contribution is 7.90. The monoisotopic (exact) mass is 593 g/mol. The van der Waals surface area contributed by atoms with Crippen LogP contribution >= 0.6 is 11.6 Å². The molecule has 10 heteroatoms. The number of amides is 2. The summed E-state index contributed by atoms with van der Waals surface area (Å²) in [6.07, 6.45) is 1.47. The molecule has 0 saturated carbocycles. The molecule has 41 heavy (non-hydrogen) atoms. The van der Waals surface area contributed by atoms with E-state index in [4.69, 9.17) is 16.3 Å². The van der Waals surface area contributed by atoms with Crippen LogP contribution in [-0.4, -0.2) is 48.7 Å². The molecular weight excluding hydrogens is 562 g/mol. The van der Waals surface area contributed by atoms with E-state index in [-0.39, 0.29) is 30.5 Å². The predicted molar refractivity (Wildman–Crippen MR) is 159 cm³/mol. The molecule has 0 spiro atoms. The van der Waals surface area contributed by atoms with Crippen LogP contribution in [0.25, 0.3) is 10.9 Å². The summed E-state index contributed by atoms with van der Waals surface area (Å²) < 4.78 is 35.8. The van der Waals surface area contributed by atoms with Gasteiger partial charge in [0.1, 0.15) is 12.3 Å².